The maximum atomic E-state index is 12.8. The zero-order chi connectivity index (χ0) is 15.3. The molecule has 2 aliphatic rings. The molecule has 0 saturated carbocycles. The van der Waals surface area contributed by atoms with Crippen LogP contribution in [0.2, 0.25) is 0 Å². The largest absolute Gasteiger partial charge is 0.496 e. The zero-order valence-corrected chi connectivity index (χ0v) is 11.9. The van der Waals surface area contributed by atoms with Crippen molar-refractivity contribution in [2.45, 2.75) is 0 Å². The van der Waals surface area contributed by atoms with Gasteiger partial charge < -0.3 is 9.47 Å². The predicted molar refractivity (Wildman–Crippen MR) is 80.8 cm³/mol. The summed E-state index contributed by atoms with van der Waals surface area (Å²) in [6.45, 7) is 0.371. The van der Waals surface area contributed by atoms with Crippen molar-refractivity contribution in [2.75, 3.05) is 13.7 Å². The van der Waals surface area contributed by atoms with Crippen molar-refractivity contribution >= 4 is 17.6 Å². The van der Waals surface area contributed by atoms with Crippen LogP contribution in [-0.4, -0.2) is 25.3 Å². The normalized spacial score (nSPS) is 14.8. The molecule has 4 heteroatoms. The van der Waals surface area contributed by atoms with Gasteiger partial charge in [0.25, 0.3) is 0 Å². The first-order valence-electron chi connectivity index (χ1n) is 6.95. The highest BCUT2D eigenvalue weighted by Gasteiger charge is 2.35. The van der Waals surface area contributed by atoms with E-state index >= 15 is 0 Å². The summed E-state index contributed by atoms with van der Waals surface area (Å²) in [6, 6.07) is 8.48. The molecule has 0 spiro atoms. The smallest absolute Gasteiger partial charge is 0.198 e. The van der Waals surface area contributed by atoms with Gasteiger partial charge in [0.1, 0.15) is 18.1 Å². The summed E-state index contributed by atoms with van der Waals surface area (Å²) in [6.07, 6.45) is 3.70. The van der Waals surface area contributed by atoms with E-state index in [4.69, 9.17) is 9.47 Å². The third kappa shape index (κ3) is 1.58. The Bertz CT molecular complexity index is 862. The highest BCUT2D eigenvalue weighted by Crippen LogP contribution is 2.42. The second-order valence-electron chi connectivity index (χ2n) is 5.16. The molecule has 0 fully saturated rings. The van der Waals surface area contributed by atoms with E-state index in [1.165, 1.54) is 7.11 Å². The van der Waals surface area contributed by atoms with Gasteiger partial charge in [-0.25, -0.2) is 0 Å². The minimum Gasteiger partial charge on any atom is -0.496 e. The van der Waals surface area contributed by atoms with Crippen LogP contribution in [-0.2, 0) is 0 Å². The number of fused-ring (bicyclic) bond motifs is 4. The van der Waals surface area contributed by atoms with E-state index in [2.05, 4.69) is 0 Å². The van der Waals surface area contributed by atoms with Gasteiger partial charge in [0.2, 0.25) is 0 Å². The van der Waals surface area contributed by atoms with E-state index in [1.54, 1.807) is 30.3 Å². The Balaban J connectivity index is 2.07. The number of hydrogen-bond acceptors (Lipinski definition) is 4. The number of ketones is 2. The van der Waals surface area contributed by atoms with Crippen molar-refractivity contribution in [3.8, 4) is 11.5 Å². The fraction of sp³-hybridized carbons (Fsp3) is 0.111. The molecule has 0 bridgehead atoms. The molecule has 22 heavy (non-hydrogen) atoms. The van der Waals surface area contributed by atoms with Gasteiger partial charge in [0, 0.05) is 16.7 Å². The Hall–Kier alpha value is -2.88. The molecule has 2 aromatic carbocycles. The number of ether oxygens (including phenoxy) is 2. The lowest BCUT2D eigenvalue weighted by atomic mass is 9.82. The summed E-state index contributed by atoms with van der Waals surface area (Å²) < 4.78 is 11.0. The molecule has 1 heterocycles. The predicted octanol–water partition coefficient (Wildman–Crippen LogP) is 2.88. The second-order valence-corrected chi connectivity index (χ2v) is 5.16. The van der Waals surface area contributed by atoms with E-state index < -0.39 is 0 Å². The van der Waals surface area contributed by atoms with E-state index in [-0.39, 0.29) is 11.6 Å². The standard InChI is InChI=1S/C18H12O4/c1-21-14-9-13-15(18-12(14)7-4-8-22-18)17(20)11-6-3-2-5-10(11)16(13)19/h2-7,9H,8H2,1H3. The summed E-state index contributed by atoms with van der Waals surface area (Å²) in [4.78, 5) is 25.6. The number of carbonyl (C=O) groups is 2. The molecule has 4 nitrogen and oxygen atoms in total. The number of hydrogen-bond donors (Lipinski definition) is 0. The molecule has 0 radical (unpaired) electrons. The van der Waals surface area contributed by atoms with E-state index in [9.17, 15) is 9.59 Å². The Morgan fingerprint density at radius 3 is 2.50 bits per heavy atom. The van der Waals surface area contributed by atoms with E-state index in [0.717, 1.165) is 0 Å². The molecule has 2 aromatic rings. The van der Waals surface area contributed by atoms with Crippen molar-refractivity contribution in [1.29, 1.82) is 0 Å². The molecule has 0 saturated heterocycles. The van der Waals surface area contributed by atoms with Gasteiger partial charge in [-0.05, 0) is 18.2 Å². The molecular weight excluding hydrogens is 280 g/mol. The van der Waals surface area contributed by atoms with Crippen LogP contribution in [0.25, 0.3) is 6.08 Å². The maximum Gasteiger partial charge on any atom is 0.198 e. The van der Waals surface area contributed by atoms with Crippen LogP contribution in [0.1, 0.15) is 37.4 Å². The van der Waals surface area contributed by atoms with Gasteiger partial charge in [-0.3, -0.25) is 9.59 Å². The highest BCUT2D eigenvalue weighted by atomic mass is 16.5. The van der Waals surface area contributed by atoms with Gasteiger partial charge in [0.15, 0.2) is 11.6 Å². The third-order valence-corrected chi connectivity index (χ3v) is 4.00. The van der Waals surface area contributed by atoms with Crippen LogP contribution in [0, 0.1) is 0 Å². The van der Waals surface area contributed by atoms with Crippen molar-refractivity contribution in [2.24, 2.45) is 0 Å². The quantitative estimate of drug-likeness (QED) is 0.692. The van der Waals surface area contributed by atoms with Crippen LogP contribution in [0.3, 0.4) is 0 Å². The third-order valence-electron chi connectivity index (χ3n) is 4.00. The average Bonchev–Trinajstić information content (AvgIpc) is 2.58. The minimum atomic E-state index is -0.181. The Morgan fingerprint density at radius 2 is 1.77 bits per heavy atom. The van der Waals surface area contributed by atoms with Crippen LogP contribution in [0.4, 0.5) is 0 Å². The molecule has 0 amide bonds. The van der Waals surface area contributed by atoms with E-state index in [1.807, 2.05) is 12.2 Å². The van der Waals surface area contributed by atoms with Crippen molar-refractivity contribution in [3.05, 3.63) is 64.2 Å². The van der Waals surface area contributed by atoms with Crippen molar-refractivity contribution in [3.63, 3.8) is 0 Å². The van der Waals surface area contributed by atoms with Gasteiger partial charge in [0.05, 0.1) is 18.2 Å². The van der Waals surface area contributed by atoms with Crippen molar-refractivity contribution < 1.29 is 19.1 Å². The number of carbonyl (C=O) groups excluding carboxylic acids is 2. The van der Waals surface area contributed by atoms with E-state index in [0.29, 0.717) is 45.9 Å². The van der Waals surface area contributed by atoms with Gasteiger partial charge >= 0.3 is 0 Å². The SMILES string of the molecule is COc1cc2c(c3c1C=CCO3)C(=O)c1ccccc1C2=O. The monoisotopic (exact) mass is 292 g/mol. The van der Waals surface area contributed by atoms with Crippen LogP contribution < -0.4 is 9.47 Å². The molecule has 0 atom stereocenters. The minimum absolute atomic E-state index is 0.176. The molecule has 108 valence electrons. The van der Waals surface area contributed by atoms with Crippen LogP contribution in [0.15, 0.2) is 36.4 Å². The fourth-order valence-electron chi connectivity index (χ4n) is 2.99. The molecule has 4 rings (SSSR count). The van der Waals surface area contributed by atoms with Crippen molar-refractivity contribution in [1.82, 2.24) is 0 Å². The average molecular weight is 292 g/mol. The summed E-state index contributed by atoms with van der Waals surface area (Å²) >= 11 is 0. The lowest BCUT2D eigenvalue weighted by Gasteiger charge is -2.24. The lowest BCUT2D eigenvalue weighted by Crippen LogP contribution is -2.23. The lowest BCUT2D eigenvalue weighted by molar-refractivity contribution is 0.0975. The number of methoxy groups -OCH3 is 1. The molecular formula is C18H12O4. The number of benzene rings is 2. The molecule has 0 aromatic heterocycles. The summed E-state index contributed by atoms with van der Waals surface area (Å²) in [5.74, 6) is 0.610. The molecule has 0 N–H and O–H groups in total. The summed E-state index contributed by atoms with van der Waals surface area (Å²) in [7, 11) is 1.54. The number of rotatable bonds is 1. The first kappa shape index (κ1) is 12.8. The van der Waals surface area contributed by atoms with Crippen LogP contribution >= 0.6 is 0 Å². The van der Waals surface area contributed by atoms with Gasteiger partial charge in [-0.15, -0.1) is 0 Å². The Labute approximate surface area is 127 Å². The van der Waals surface area contributed by atoms with Gasteiger partial charge in [-0.2, -0.15) is 0 Å². The first-order chi connectivity index (χ1) is 10.7. The molecule has 0 unspecified atom stereocenters. The summed E-state index contributed by atoms with van der Waals surface area (Å²) in [5.41, 5.74) is 2.23. The Morgan fingerprint density at radius 1 is 1.05 bits per heavy atom. The Kier molecular flexibility index (Phi) is 2.66. The fourth-order valence-corrected chi connectivity index (χ4v) is 2.99. The molecule has 1 aliphatic heterocycles. The second kappa shape index (κ2) is 4.56. The van der Waals surface area contributed by atoms with Crippen LogP contribution in [0.5, 0.6) is 11.5 Å². The highest BCUT2D eigenvalue weighted by molar-refractivity contribution is 6.29. The topological polar surface area (TPSA) is 52.6 Å². The van der Waals surface area contributed by atoms with Gasteiger partial charge in [-0.1, -0.05) is 24.3 Å². The summed E-state index contributed by atoms with van der Waals surface area (Å²) in [5, 5.41) is 0. The first-order valence-corrected chi connectivity index (χ1v) is 6.95. The maximum absolute atomic E-state index is 12.8. The molecule has 1 aliphatic carbocycles. The zero-order valence-electron chi connectivity index (χ0n) is 11.9.